The van der Waals surface area contributed by atoms with E-state index < -0.39 is 0 Å². The number of fused-ring (bicyclic) bond motifs is 1. The number of hydrogen-bond acceptors (Lipinski definition) is 7. The molecule has 4 heterocycles. The van der Waals surface area contributed by atoms with Crippen molar-refractivity contribution in [3.8, 4) is 0 Å². The van der Waals surface area contributed by atoms with Crippen molar-refractivity contribution in [2.75, 3.05) is 13.2 Å². The van der Waals surface area contributed by atoms with Crippen molar-refractivity contribution in [1.29, 1.82) is 0 Å². The number of carbonyl (C=O) groups is 1. The number of rotatable bonds is 5. The van der Waals surface area contributed by atoms with Gasteiger partial charge in [0.1, 0.15) is 11.8 Å². The summed E-state index contributed by atoms with van der Waals surface area (Å²) >= 11 is 3.05. The van der Waals surface area contributed by atoms with E-state index in [1.807, 2.05) is 28.3 Å². The summed E-state index contributed by atoms with van der Waals surface area (Å²) in [7, 11) is 0. The first-order valence-electron chi connectivity index (χ1n) is 8.02. The van der Waals surface area contributed by atoms with E-state index >= 15 is 0 Å². The Balaban J connectivity index is 1.46. The molecule has 3 aromatic heterocycles. The number of aromatic nitrogens is 3. The molecule has 1 fully saturated rings. The summed E-state index contributed by atoms with van der Waals surface area (Å²) in [4.78, 5) is 22.3. The molecule has 0 aliphatic carbocycles. The molecule has 1 saturated heterocycles. The fourth-order valence-corrected chi connectivity index (χ4v) is 4.25. The Labute approximate surface area is 152 Å². The van der Waals surface area contributed by atoms with Gasteiger partial charge in [-0.2, -0.15) is 0 Å². The fraction of sp³-hybridized carbons (Fsp3) is 0.438. The minimum atomic E-state index is -0.189. The summed E-state index contributed by atoms with van der Waals surface area (Å²) < 4.78 is 13.3. The molecule has 0 bridgehead atoms. The maximum atomic E-state index is 12.8. The zero-order valence-corrected chi connectivity index (χ0v) is 15.3. The van der Waals surface area contributed by atoms with Crippen LogP contribution in [0.5, 0.6) is 0 Å². The van der Waals surface area contributed by atoms with Gasteiger partial charge in [-0.25, -0.2) is 9.97 Å². The molecule has 0 unspecified atom stereocenters. The lowest BCUT2D eigenvalue weighted by Gasteiger charge is -2.31. The van der Waals surface area contributed by atoms with Gasteiger partial charge in [0.15, 0.2) is 4.96 Å². The second-order valence-corrected chi connectivity index (χ2v) is 7.47. The van der Waals surface area contributed by atoms with Crippen LogP contribution in [-0.2, 0) is 16.1 Å². The topological polar surface area (TPSA) is 77.8 Å². The average Bonchev–Trinajstić information content (AvgIpc) is 3.31. The number of aryl methyl sites for hydroxylation is 1. The van der Waals surface area contributed by atoms with Gasteiger partial charge in [-0.3, -0.25) is 9.20 Å². The Morgan fingerprint density at radius 1 is 1.56 bits per heavy atom. The summed E-state index contributed by atoms with van der Waals surface area (Å²) in [6, 6.07) is -0.0940. The fourth-order valence-electron chi connectivity index (χ4n) is 2.95. The molecule has 0 radical (unpaired) electrons. The van der Waals surface area contributed by atoms with Crippen LogP contribution in [0.1, 0.15) is 28.3 Å². The molecule has 1 aliphatic rings. The Bertz CT molecular complexity index is 858. The summed E-state index contributed by atoms with van der Waals surface area (Å²) in [5, 5.41) is 6.99. The molecule has 9 heteroatoms. The van der Waals surface area contributed by atoms with Gasteiger partial charge >= 0.3 is 0 Å². The summed E-state index contributed by atoms with van der Waals surface area (Å²) in [6.45, 7) is 3.36. The molecule has 0 spiro atoms. The predicted molar refractivity (Wildman–Crippen MR) is 95.2 cm³/mol. The van der Waals surface area contributed by atoms with Gasteiger partial charge in [0.05, 0.1) is 36.2 Å². The maximum absolute atomic E-state index is 12.8. The molecule has 0 aromatic carbocycles. The van der Waals surface area contributed by atoms with Crippen LogP contribution >= 0.6 is 22.7 Å². The lowest BCUT2D eigenvalue weighted by Crippen LogP contribution is -2.50. The standard InChI is InChI=1S/C16H18N4O3S2/c1-10-14(20-3-5-25-16(20)18-10)15(21)19-12-2-4-22-7-13(12)23-6-11-8-24-9-17-11/h3,5,8-9,12-13H,2,4,6-7H2,1H3,(H,19,21)/t12-,13-/m1/s1. The first-order valence-corrected chi connectivity index (χ1v) is 9.84. The zero-order chi connectivity index (χ0) is 17.2. The number of nitrogens with one attached hydrogen (secondary N) is 1. The van der Waals surface area contributed by atoms with E-state index in [-0.39, 0.29) is 18.1 Å². The molecular formula is C16H18N4O3S2. The molecule has 1 aliphatic heterocycles. The molecule has 0 saturated carbocycles. The van der Waals surface area contributed by atoms with Gasteiger partial charge in [-0.05, 0) is 13.3 Å². The molecule has 132 valence electrons. The lowest BCUT2D eigenvalue weighted by molar-refractivity contribution is -0.0742. The Hall–Kier alpha value is -1.81. The molecule has 1 amide bonds. The first-order chi connectivity index (χ1) is 12.2. The monoisotopic (exact) mass is 378 g/mol. The number of imidazole rings is 1. The Kier molecular flexibility index (Phi) is 4.80. The number of ether oxygens (including phenoxy) is 2. The molecule has 25 heavy (non-hydrogen) atoms. The van der Waals surface area contributed by atoms with Gasteiger partial charge in [0, 0.05) is 23.6 Å². The van der Waals surface area contributed by atoms with Crippen LogP contribution in [0.25, 0.3) is 4.96 Å². The second-order valence-electron chi connectivity index (χ2n) is 5.87. The quantitative estimate of drug-likeness (QED) is 0.737. The predicted octanol–water partition coefficient (Wildman–Crippen LogP) is 2.26. The van der Waals surface area contributed by atoms with Crippen molar-refractivity contribution < 1.29 is 14.3 Å². The minimum absolute atomic E-state index is 0.0940. The molecule has 2 atom stereocenters. The summed E-state index contributed by atoms with van der Waals surface area (Å²) in [5.41, 5.74) is 3.99. The lowest BCUT2D eigenvalue weighted by atomic mass is 10.1. The third-order valence-electron chi connectivity index (χ3n) is 4.20. The number of carbonyl (C=O) groups excluding carboxylic acids is 1. The first kappa shape index (κ1) is 16.6. The van der Waals surface area contributed by atoms with Crippen LogP contribution in [0.3, 0.4) is 0 Å². The Morgan fingerprint density at radius 2 is 2.48 bits per heavy atom. The smallest absolute Gasteiger partial charge is 0.270 e. The summed E-state index contributed by atoms with van der Waals surface area (Å²) in [6.07, 6.45) is 2.40. The number of nitrogens with zero attached hydrogens (tertiary/aromatic N) is 3. The van der Waals surface area contributed by atoms with Gasteiger partial charge < -0.3 is 14.8 Å². The van der Waals surface area contributed by atoms with E-state index in [9.17, 15) is 4.79 Å². The zero-order valence-electron chi connectivity index (χ0n) is 13.7. The van der Waals surface area contributed by atoms with Gasteiger partial charge in [-0.1, -0.05) is 0 Å². The van der Waals surface area contributed by atoms with E-state index in [0.29, 0.717) is 25.5 Å². The number of amides is 1. The van der Waals surface area contributed by atoms with Gasteiger partial charge in [0.2, 0.25) is 0 Å². The minimum Gasteiger partial charge on any atom is -0.379 e. The van der Waals surface area contributed by atoms with E-state index in [1.165, 1.54) is 22.7 Å². The third kappa shape index (κ3) is 3.45. The maximum Gasteiger partial charge on any atom is 0.270 e. The Morgan fingerprint density at radius 3 is 3.32 bits per heavy atom. The van der Waals surface area contributed by atoms with Crippen LogP contribution < -0.4 is 5.32 Å². The van der Waals surface area contributed by atoms with Crippen molar-refractivity contribution in [3.63, 3.8) is 0 Å². The van der Waals surface area contributed by atoms with E-state index in [1.54, 1.807) is 5.51 Å². The second kappa shape index (κ2) is 7.20. The van der Waals surface area contributed by atoms with Crippen molar-refractivity contribution in [2.45, 2.75) is 32.1 Å². The molecule has 7 nitrogen and oxygen atoms in total. The number of thiazole rings is 2. The van der Waals surface area contributed by atoms with Crippen LogP contribution in [-0.4, -0.2) is 45.6 Å². The molecule has 3 aromatic rings. The largest absolute Gasteiger partial charge is 0.379 e. The normalized spacial score (nSPS) is 20.8. The molecular weight excluding hydrogens is 360 g/mol. The summed E-state index contributed by atoms with van der Waals surface area (Å²) in [5.74, 6) is -0.127. The van der Waals surface area contributed by atoms with Crippen LogP contribution in [0.4, 0.5) is 0 Å². The molecule has 4 rings (SSSR count). The van der Waals surface area contributed by atoms with E-state index in [4.69, 9.17) is 9.47 Å². The van der Waals surface area contributed by atoms with Gasteiger partial charge in [-0.15, -0.1) is 22.7 Å². The highest BCUT2D eigenvalue weighted by atomic mass is 32.1. The van der Waals surface area contributed by atoms with Crippen molar-refractivity contribution in [2.24, 2.45) is 0 Å². The van der Waals surface area contributed by atoms with E-state index in [2.05, 4.69) is 15.3 Å². The van der Waals surface area contributed by atoms with Crippen molar-refractivity contribution in [3.05, 3.63) is 39.5 Å². The highest BCUT2D eigenvalue weighted by Crippen LogP contribution is 2.19. The van der Waals surface area contributed by atoms with Crippen LogP contribution in [0.2, 0.25) is 0 Å². The SMILES string of the molecule is Cc1nc2sccn2c1C(=O)N[C@@H]1CCOC[C@H]1OCc1cscn1. The van der Waals surface area contributed by atoms with Crippen LogP contribution in [0, 0.1) is 6.92 Å². The van der Waals surface area contributed by atoms with Gasteiger partial charge in [0.25, 0.3) is 5.91 Å². The van der Waals surface area contributed by atoms with Crippen LogP contribution in [0.15, 0.2) is 22.5 Å². The average molecular weight is 378 g/mol. The van der Waals surface area contributed by atoms with E-state index in [0.717, 1.165) is 22.8 Å². The highest BCUT2D eigenvalue weighted by molar-refractivity contribution is 7.15. The van der Waals surface area contributed by atoms with Crippen molar-refractivity contribution in [1.82, 2.24) is 19.7 Å². The third-order valence-corrected chi connectivity index (χ3v) is 5.59. The molecule has 1 N–H and O–H groups in total. The van der Waals surface area contributed by atoms with Crippen molar-refractivity contribution >= 4 is 33.5 Å². The number of hydrogen-bond donors (Lipinski definition) is 1. The highest BCUT2D eigenvalue weighted by Gasteiger charge is 2.30.